The minimum atomic E-state index is -0.116. The predicted octanol–water partition coefficient (Wildman–Crippen LogP) is -0.283. The number of anilines is 1. The van der Waals surface area contributed by atoms with Crippen LogP contribution < -0.4 is 22.3 Å². The maximum atomic E-state index is 5.40. The van der Waals surface area contributed by atoms with E-state index in [2.05, 4.69) is 64.1 Å². The second kappa shape index (κ2) is 5.41. The Bertz CT molecular complexity index is 855. The molecule has 0 amide bonds. The van der Waals surface area contributed by atoms with Crippen molar-refractivity contribution in [2.45, 2.75) is 0 Å². The summed E-state index contributed by atoms with van der Waals surface area (Å²) in [5, 5.41) is 28.6. The molecule has 14 heteroatoms. The van der Waals surface area contributed by atoms with Gasteiger partial charge in [0.1, 0.15) is 33.4 Å². The quantitative estimate of drug-likeness (QED) is 0.211. The Morgan fingerprint density at radius 2 is 1.91 bits per heavy atom. The lowest BCUT2D eigenvalue weighted by atomic mass is 10.2. The molecule has 1 aromatic carbocycles. The number of benzene rings is 1. The van der Waals surface area contributed by atoms with Gasteiger partial charge < -0.3 is 11.5 Å². The number of H-pyrrole nitrogens is 2. The average Bonchev–Trinajstić information content (AvgIpc) is 3.10. The lowest BCUT2D eigenvalue weighted by Crippen LogP contribution is -2.34. The maximum absolute atomic E-state index is 5.40. The number of aromatic nitrogens is 6. The number of hydrazine groups is 1. The highest BCUT2D eigenvalue weighted by Crippen LogP contribution is 2.37. The number of azo groups is 1. The highest BCUT2D eigenvalue weighted by atomic mass is 32.1. The molecule has 0 fully saturated rings. The first-order valence-electron chi connectivity index (χ1n) is 5.68. The topological polar surface area (TPSA) is 184 Å². The fraction of sp³-hybridized carbons (Fsp3) is 0. The van der Waals surface area contributed by atoms with Gasteiger partial charge in [-0.15, -0.1) is 20.4 Å². The average molecular weight is 336 g/mol. The van der Waals surface area contributed by atoms with E-state index in [1.54, 1.807) is 0 Å². The summed E-state index contributed by atoms with van der Waals surface area (Å²) in [6.45, 7) is 0. The van der Waals surface area contributed by atoms with E-state index in [1.807, 2.05) is 0 Å². The van der Waals surface area contributed by atoms with Crippen LogP contribution in [0.3, 0.4) is 0 Å². The van der Waals surface area contributed by atoms with Crippen molar-refractivity contribution in [3.8, 4) is 0 Å². The minimum absolute atomic E-state index is 0.0468. The number of fused-ring (bicyclic) bond motifs is 2. The molecule has 0 unspecified atom stereocenters. The minimum Gasteiger partial charge on any atom is -0.375 e. The summed E-state index contributed by atoms with van der Waals surface area (Å²) in [6, 6.07) is 0. The van der Waals surface area contributed by atoms with Gasteiger partial charge in [0.25, 0.3) is 0 Å². The van der Waals surface area contributed by atoms with Gasteiger partial charge in [0.05, 0.1) is 0 Å². The highest BCUT2D eigenvalue weighted by Gasteiger charge is 2.20. The fourth-order valence-corrected chi connectivity index (χ4v) is 1.90. The third kappa shape index (κ3) is 2.35. The molecule has 12 nitrogen and oxygen atoms in total. The van der Waals surface area contributed by atoms with Gasteiger partial charge in [-0.05, 0) is 29.6 Å². The molecule has 0 bridgehead atoms. The normalized spacial score (nSPS) is 11.3. The van der Waals surface area contributed by atoms with Crippen LogP contribution in [0.15, 0.2) is 10.2 Å². The van der Waals surface area contributed by atoms with E-state index in [9.17, 15) is 0 Å². The van der Waals surface area contributed by atoms with Crippen molar-refractivity contribution in [2.75, 3.05) is 5.43 Å². The molecule has 2 heterocycles. The first-order chi connectivity index (χ1) is 10.6. The summed E-state index contributed by atoms with van der Waals surface area (Å²) in [4.78, 5) is 0. The van der Waals surface area contributed by atoms with Gasteiger partial charge in [0.15, 0.2) is 5.11 Å². The third-order valence-electron chi connectivity index (χ3n) is 2.59. The third-order valence-corrected chi connectivity index (χ3v) is 2.78. The lowest BCUT2D eigenvalue weighted by molar-refractivity contribution is 0.951. The zero-order chi connectivity index (χ0) is 15.7. The van der Waals surface area contributed by atoms with Crippen LogP contribution in [0, 0.1) is 0 Å². The van der Waals surface area contributed by atoms with Crippen LogP contribution in [0.25, 0.3) is 22.1 Å². The smallest absolute Gasteiger partial charge is 0.211 e. The number of nitrogens with two attached hydrogens (primary N) is 2. The molecule has 2 aromatic heterocycles. The molecule has 0 aliphatic heterocycles. The number of aromatic amines is 2. The molecule has 0 radical (unpaired) electrons. The largest absolute Gasteiger partial charge is 0.375 e. The summed E-state index contributed by atoms with van der Waals surface area (Å²) in [5.41, 5.74) is 18.7. The summed E-state index contributed by atoms with van der Waals surface area (Å²) >= 11 is 9.43. The Labute approximate surface area is 132 Å². The molecule has 0 spiro atoms. The first kappa shape index (κ1) is 14.0. The van der Waals surface area contributed by atoms with E-state index in [4.69, 9.17) is 23.7 Å². The molecule has 0 aliphatic rings. The van der Waals surface area contributed by atoms with Crippen LogP contribution in [0.1, 0.15) is 0 Å². The first-order valence-corrected chi connectivity index (χ1v) is 6.49. The summed E-state index contributed by atoms with van der Waals surface area (Å²) in [7, 11) is 0. The maximum Gasteiger partial charge on any atom is 0.211 e. The van der Waals surface area contributed by atoms with Gasteiger partial charge in [0.2, 0.25) is 5.11 Å². The van der Waals surface area contributed by atoms with E-state index in [1.165, 1.54) is 0 Å². The summed E-state index contributed by atoms with van der Waals surface area (Å²) in [6.07, 6.45) is 0. The number of rotatable bonds is 3. The van der Waals surface area contributed by atoms with Crippen molar-refractivity contribution in [3.63, 3.8) is 0 Å². The molecular formula is C8H8N12S2. The monoisotopic (exact) mass is 336 g/mol. The van der Waals surface area contributed by atoms with Gasteiger partial charge in [-0.3, -0.25) is 16.0 Å². The molecule has 0 saturated heterocycles. The van der Waals surface area contributed by atoms with Crippen molar-refractivity contribution < 1.29 is 0 Å². The zero-order valence-electron chi connectivity index (χ0n) is 10.7. The summed E-state index contributed by atoms with van der Waals surface area (Å²) in [5.74, 6) is 0. The van der Waals surface area contributed by atoms with Crippen LogP contribution >= 0.6 is 24.4 Å². The Hall–Kier alpha value is -3.00. The van der Waals surface area contributed by atoms with Gasteiger partial charge in [0, 0.05) is 0 Å². The molecular weight excluding hydrogens is 328 g/mol. The Kier molecular flexibility index (Phi) is 3.43. The molecule has 22 heavy (non-hydrogen) atoms. The van der Waals surface area contributed by atoms with Crippen molar-refractivity contribution >= 4 is 68.1 Å². The van der Waals surface area contributed by atoms with Crippen molar-refractivity contribution in [1.29, 1.82) is 0 Å². The Balaban J connectivity index is 2.26. The van der Waals surface area contributed by atoms with Crippen LogP contribution in [0.2, 0.25) is 0 Å². The Morgan fingerprint density at radius 1 is 1.14 bits per heavy atom. The Morgan fingerprint density at radius 3 is 2.64 bits per heavy atom. The predicted molar refractivity (Wildman–Crippen MR) is 86.2 cm³/mol. The molecule has 3 aromatic rings. The van der Waals surface area contributed by atoms with Crippen LogP contribution in [0.4, 0.5) is 11.4 Å². The van der Waals surface area contributed by atoms with Gasteiger partial charge >= 0.3 is 0 Å². The van der Waals surface area contributed by atoms with Gasteiger partial charge in [-0.1, -0.05) is 0 Å². The van der Waals surface area contributed by atoms with E-state index in [0.29, 0.717) is 33.4 Å². The van der Waals surface area contributed by atoms with Crippen molar-refractivity contribution in [3.05, 3.63) is 0 Å². The molecule has 8 N–H and O–H groups in total. The van der Waals surface area contributed by atoms with Crippen molar-refractivity contribution in [2.24, 2.45) is 21.7 Å². The van der Waals surface area contributed by atoms with E-state index in [0.717, 1.165) is 0 Å². The van der Waals surface area contributed by atoms with Crippen LogP contribution in [-0.4, -0.2) is 41.0 Å². The van der Waals surface area contributed by atoms with E-state index in [-0.39, 0.29) is 10.2 Å². The molecule has 112 valence electrons. The molecule has 0 atom stereocenters. The molecule has 0 aliphatic carbocycles. The van der Waals surface area contributed by atoms with Crippen molar-refractivity contribution in [1.82, 2.24) is 36.2 Å². The molecule has 3 rings (SSSR count). The summed E-state index contributed by atoms with van der Waals surface area (Å²) < 4.78 is 0. The standard InChI is InChI=1S/C8H8N12S2/c9-7(21)17-11-1-3-5(15-19-13-3)2(12-18-8(10)22)6-4(1)14-20-16-6/h11,15,19H,(H2,10,22)(H3,9,17,21). The number of nitrogens with one attached hydrogen (secondary N) is 4. The number of hydrogen-bond acceptors (Lipinski definition) is 8. The van der Waals surface area contributed by atoms with E-state index < -0.39 is 0 Å². The van der Waals surface area contributed by atoms with Gasteiger partial charge in [-0.25, -0.2) is 5.21 Å². The van der Waals surface area contributed by atoms with Crippen LogP contribution in [-0.2, 0) is 0 Å². The zero-order valence-corrected chi connectivity index (χ0v) is 12.3. The second-order valence-corrected chi connectivity index (χ2v) is 4.79. The van der Waals surface area contributed by atoms with E-state index >= 15 is 0 Å². The molecule has 0 saturated carbocycles. The van der Waals surface area contributed by atoms with Gasteiger partial charge in [-0.2, -0.15) is 5.10 Å². The fourth-order valence-electron chi connectivity index (χ4n) is 1.81. The number of thiocarbonyl (C=S) groups is 2. The highest BCUT2D eigenvalue weighted by molar-refractivity contribution is 7.80. The second-order valence-electron chi connectivity index (χ2n) is 3.93. The van der Waals surface area contributed by atoms with Crippen LogP contribution in [0.5, 0.6) is 0 Å². The lowest BCUT2D eigenvalue weighted by Gasteiger charge is -2.09. The SMILES string of the molecule is NC(=S)N=Nc1c2nnnc2c(NNC(N)=S)c2n[nH][nH]c12. The number of hydrogen-bond donors (Lipinski definition) is 6. The number of nitrogens with zero attached hydrogens (tertiary/aromatic N) is 6.